The van der Waals surface area contributed by atoms with E-state index in [9.17, 15) is 4.79 Å². The molecule has 0 saturated carbocycles. The minimum atomic E-state index is -0.125. The van der Waals surface area contributed by atoms with Crippen molar-refractivity contribution in [3.05, 3.63) is 53.1 Å². The maximum absolute atomic E-state index is 11.8. The summed E-state index contributed by atoms with van der Waals surface area (Å²) < 4.78 is 0. The van der Waals surface area contributed by atoms with Gasteiger partial charge in [-0.3, -0.25) is 4.79 Å². The van der Waals surface area contributed by atoms with E-state index in [1.807, 2.05) is 19.1 Å². The summed E-state index contributed by atoms with van der Waals surface area (Å²) >= 11 is 5.79. The lowest BCUT2D eigenvalue weighted by atomic mass is 10.1. The summed E-state index contributed by atoms with van der Waals surface area (Å²) in [7, 11) is 0. The van der Waals surface area contributed by atoms with Gasteiger partial charge in [0, 0.05) is 17.4 Å². The van der Waals surface area contributed by atoms with Crippen LogP contribution >= 0.6 is 11.6 Å². The minimum absolute atomic E-state index is 0.0405. The molecule has 1 atom stereocenters. The fourth-order valence-electron chi connectivity index (χ4n) is 1.66. The van der Waals surface area contributed by atoms with Crippen LogP contribution in [0.2, 0.25) is 5.02 Å². The van der Waals surface area contributed by atoms with Gasteiger partial charge in [-0.25, -0.2) is 4.98 Å². The monoisotopic (exact) mass is 263 g/mol. The third-order valence-electron chi connectivity index (χ3n) is 2.58. The van der Waals surface area contributed by atoms with Crippen LogP contribution in [0.5, 0.6) is 0 Å². The van der Waals surface area contributed by atoms with Crippen molar-refractivity contribution in [1.82, 2.24) is 15.3 Å². The molecular formula is C13H14ClN3O. The smallest absolute Gasteiger partial charge is 0.224 e. The molecule has 18 heavy (non-hydrogen) atoms. The maximum Gasteiger partial charge on any atom is 0.224 e. The first kappa shape index (κ1) is 12.6. The summed E-state index contributed by atoms with van der Waals surface area (Å²) in [5.74, 6) is 0.709. The summed E-state index contributed by atoms with van der Waals surface area (Å²) in [4.78, 5) is 18.9. The molecule has 5 heteroatoms. The molecule has 0 aliphatic rings. The normalized spacial score (nSPS) is 12.1. The van der Waals surface area contributed by atoms with Gasteiger partial charge in [0.1, 0.15) is 5.82 Å². The van der Waals surface area contributed by atoms with Crippen molar-refractivity contribution in [3.63, 3.8) is 0 Å². The Hall–Kier alpha value is -1.81. The van der Waals surface area contributed by atoms with Crippen molar-refractivity contribution >= 4 is 17.5 Å². The van der Waals surface area contributed by atoms with Crippen LogP contribution in [0, 0.1) is 0 Å². The van der Waals surface area contributed by atoms with Gasteiger partial charge >= 0.3 is 0 Å². The molecule has 2 N–H and O–H groups in total. The molecule has 0 saturated heterocycles. The van der Waals surface area contributed by atoms with Gasteiger partial charge in [0.25, 0.3) is 0 Å². The first-order valence-corrected chi connectivity index (χ1v) is 6.06. The van der Waals surface area contributed by atoms with Gasteiger partial charge in [-0.05, 0) is 24.6 Å². The number of nitrogens with zero attached hydrogens (tertiary/aromatic N) is 1. The lowest BCUT2D eigenvalue weighted by Gasteiger charge is -2.11. The highest BCUT2D eigenvalue weighted by Gasteiger charge is 2.11. The molecule has 1 unspecified atom stereocenters. The Balaban J connectivity index is 1.91. The highest BCUT2D eigenvalue weighted by molar-refractivity contribution is 6.30. The number of aromatic amines is 1. The van der Waals surface area contributed by atoms with Crippen LogP contribution in [-0.4, -0.2) is 15.9 Å². The van der Waals surface area contributed by atoms with Crippen LogP contribution in [0.3, 0.4) is 0 Å². The second kappa shape index (κ2) is 5.69. The first-order chi connectivity index (χ1) is 8.65. The number of nitrogens with one attached hydrogen (secondary N) is 2. The van der Waals surface area contributed by atoms with E-state index in [0.717, 1.165) is 11.4 Å². The summed E-state index contributed by atoms with van der Waals surface area (Å²) in [5.41, 5.74) is 0.934. The molecule has 1 heterocycles. The van der Waals surface area contributed by atoms with Crippen molar-refractivity contribution in [1.29, 1.82) is 0 Å². The predicted octanol–water partition coefficient (Wildman–Crippen LogP) is 2.48. The summed E-state index contributed by atoms with van der Waals surface area (Å²) in [6.45, 7) is 1.89. The standard InChI is InChI=1S/C13H14ClN3O/c1-9(13-15-6-7-16-13)17-12(18)8-10-2-4-11(14)5-3-10/h2-7,9H,8H2,1H3,(H,15,16)(H,17,18). The fourth-order valence-corrected chi connectivity index (χ4v) is 1.79. The van der Waals surface area contributed by atoms with Gasteiger partial charge in [0.15, 0.2) is 0 Å². The van der Waals surface area contributed by atoms with E-state index >= 15 is 0 Å². The number of hydrogen-bond acceptors (Lipinski definition) is 2. The Kier molecular flexibility index (Phi) is 3.99. The second-order valence-electron chi connectivity index (χ2n) is 4.07. The molecule has 0 radical (unpaired) electrons. The molecular weight excluding hydrogens is 250 g/mol. The zero-order valence-corrected chi connectivity index (χ0v) is 10.7. The maximum atomic E-state index is 11.8. The van der Waals surface area contributed by atoms with Gasteiger partial charge in [0.2, 0.25) is 5.91 Å². The van der Waals surface area contributed by atoms with Crippen LogP contribution in [0.15, 0.2) is 36.7 Å². The lowest BCUT2D eigenvalue weighted by molar-refractivity contribution is -0.121. The molecule has 1 aromatic heterocycles. The van der Waals surface area contributed by atoms with E-state index in [0.29, 0.717) is 11.4 Å². The van der Waals surface area contributed by atoms with Crippen LogP contribution in [0.25, 0.3) is 0 Å². The zero-order valence-electron chi connectivity index (χ0n) is 9.98. The van der Waals surface area contributed by atoms with E-state index in [-0.39, 0.29) is 11.9 Å². The molecule has 0 aliphatic carbocycles. The van der Waals surface area contributed by atoms with Crippen molar-refractivity contribution in [2.45, 2.75) is 19.4 Å². The summed E-state index contributed by atoms with van der Waals surface area (Å²) in [5, 5.41) is 3.55. The molecule has 0 spiro atoms. The molecule has 94 valence electrons. The van der Waals surface area contributed by atoms with Crippen LogP contribution in [0.4, 0.5) is 0 Å². The average Bonchev–Trinajstić information content (AvgIpc) is 2.85. The number of carbonyl (C=O) groups excluding carboxylic acids is 1. The van der Waals surface area contributed by atoms with E-state index in [4.69, 9.17) is 11.6 Å². The Labute approximate surface area is 110 Å². The number of aromatic nitrogens is 2. The number of hydrogen-bond donors (Lipinski definition) is 2. The molecule has 0 aliphatic heterocycles. The molecule has 1 amide bonds. The Morgan fingerprint density at radius 2 is 2.17 bits per heavy atom. The van der Waals surface area contributed by atoms with Crippen molar-refractivity contribution in [3.8, 4) is 0 Å². The number of amides is 1. The van der Waals surface area contributed by atoms with Crippen LogP contribution in [-0.2, 0) is 11.2 Å². The van der Waals surface area contributed by atoms with E-state index < -0.39 is 0 Å². The molecule has 2 aromatic rings. The molecule has 0 bridgehead atoms. The zero-order chi connectivity index (χ0) is 13.0. The van der Waals surface area contributed by atoms with Crippen molar-refractivity contribution < 1.29 is 4.79 Å². The number of carbonyl (C=O) groups is 1. The van der Waals surface area contributed by atoms with E-state index in [1.165, 1.54) is 0 Å². The quantitative estimate of drug-likeness (QED) is 0.890. The first-order valence-electron chi connectivity index (χ1n) is 5.68. The Morgan fingerprint density at radius 1 is 1.44 bits per heavy atom. The highest BCUT2D eigenvalue weighted by atomic mass is 35.5. The molecule has 0 fully saturated rings. The number of halogens is 1. The van der Waals surface area contributed by atoms with E-state index in [1.54, 1.807) is 24.5 Å². The summed E-state index contributed by atoms with van der Waals surface area (Å²) in [6, 6.07) is 7.12. The average molecular weight is 264 g/mol. The Morgan fingerprint density at radius 3 is 2.78 bits per heavy atom. The van der Waals surface area contributed by atoms with Gasteiger partial charge in [-0.2, -0.15) is 0 Å². The predicted molar refractivity (Wildman–Crippen MR) is 70.3 cm³/mol. The third-order valence-corrected chi connectivity index (χ3v) is 2.84. The third kappa shape index (κ3) is 3.34. The van der Waals surface area contributed by atoms with Crippen molar-refractivity contribution in [2.24, 2.45) is 0 Å². The van der Waals surface area contributed by atoms with Crippen LogP contribution in [0.1, 0.15) is 24.4 Å². The number of H-pyrrole nitrogens is 1. The largest absolute Gasteiger partial charge is 0.347 e. The van der Waals surface area contributed by atoms with Gasteiger partial charge in [-0.15, -0.1) is 0 Å². The van der Waals surface area contributed by atoms with Gasteiger partial charge in [-0.1, -0.05) is 23.7 Å². The number of imidazole rings is 1. The molecule has 1 aromatic carbocycles. The molecule has 2 rings (SSSR count). The minimum Gasteiger partial charge on any atom is -0.347 e. The van der Waals surface area contributed by atoms with Crippen LogP contribution < -0.4 is 5.32 Å². The molecule has 4 nitrogen and oxygen atoms in total. The van der Waals surface area contributed by atoms with Gasteiger partial charge < -0.3 is 10.3 Å². The highest BCUT2D eigenvalue weighted by Crippen LogP contribution is 2.11. The SMILES string of the molecule is CC(NC(=O)Cc1ccc(Cl)cc1)c1ncc[nH]1. The summed E-state index contributed by atoms with van der Waals surface area (Å²) in [6.07, 6.45) is 3.73. The van der Waals surface area contributed by atoms with E-state index in [2.05, 4.69) is 15.3 Å². The second-order valence-corrected chi connectivity index (χ2v) is 4.50. The fraction of sp³-hybridized carbons (Fsp3) is 0.231. The van der Waals surface area contributed by atoms with Crippen molar-refractivity contribution in [2.75, 3.05) is 0 Å². The topological polar surface area (TPSA) is 57.8 Å². The van der Waals surface area contributed by atoms with Gasteiger partial charge in [0.05, 0.1) is 12.5 Å². The number of benzene rings is 1. The Bertz CT molecular complexity index is 508. The number of rotatable bonds is 4. The lowest BCUT2D eigenvalue weighted by Crippen LogP contribution is -2.28.